The maximum atomic E-state index is 5.62. The molecule has 3 heteroatoms. The molecule has 0 spiro atoms. The molecule has 0 atom stereocenters. The van der Waals surface area contributed by atoms with E-state index in [1.54, 1.807) is 0 Å². The van der Waals surface area contributed by atoms with Crippen LogP contribution in [-0.4, -0.2) is 17.4 Å². The van der Waals surface area contributed by atoms with Crippen LogP contribution >= 0.6 is 11.8 Å². The van der Waals surface area contributed by atoms with E-state index in [9.17, 15) is 0 Å². The third-order valence-electron chi connectivity index (χ3n) is 2.34. The van der Waals surface area contributed by atoms with Crippen molar-refractivity contribution in [3.63, 3.8) is 0 Å². The molecule has 1 rings (SSSR count). The summed E-state index contributed by atoms with van der Waals surface area (Å²) in [7, 11) is 0. The Kier molecular flexibility index (Phi) is 5.34. The largest absolute Gasteiger partial charge is 0.491 e. The van der Waals surface area contributed by atoms with Gasteiger partial charge in [-0.25, -0.2) is 0 Å². The van der Waals surface area contributed by atoms with Gasteiger partial charge in [0.2, 0.25) is 0 Å². The molecular formula is C14H23NOS. The second kappa shape index (κ2) is 6.31. The SMILES string of the molecule is CC(C)Oc1ccc(SC(C)(C)CCN)cc1. The minimum absolute atomic E-state index is 0.190. The van der Waals surface area contributed by atoms with E-state index in [4.69, 9.17) is 10.5 Å². The molecule has 1 aromatic carbocycles. The predicted molar refractivity (Wildman–Crippen MR) is 75.8 cm³/mol. The molecule has 0 fully saturated rings. The van der Waals surface area contributed by atoms with Crippen LogP contribution in [0.5, 0.6) is 5.75 Å². The number of ether oxygens (including phenoxy) is 1. The first-order valence-electron chi connectivity index (χ1n) is 6.09. The van der Waals surface area contributed by atoms with Crippen molar-refractivity contribution in [2.75, 3.05) is 6.54 Å². The highest BCUT2D eigenvalue weighted by Crippen LogP contribution is 2.35. The average molecular weight is 253 g/mol. The van der Waals surface area contributed by atoms with Gasteiger partial charge in [-0.05, 0) is 51.1 Å². The van der Waals surface area contributed by atoms with Crippen molar-refractivity contribution >= 4 is 11.8 Å². The normalized spacial score (nSPS) is 11.9. The molecule has 0 bridgehead atoms. The van der Waals surface area contributed by atoms with Gasteiger partial charge in [-0.3, -0.25) is 0 Å². The van der Waals surface area contributed by atoms with Crippen LogP contribution < -0.4 is 10.5 Å². The van der Waals surface area contributed by atoms with Crippen molar-refractivity contribution in [3.05, 3.63) is 24.3 Å². The van der Waals surface area contributed by atoms with E-state index in [0.717, 1.165) is 18.7 Å². The third kappa shape index (κ3) is 5.46. The lowest BCUT2D eigenvalue weighted by atomic mass is 10.1. The first kappa shape index (κ1) is 14.4. The number of hydrogen-bond donors (Lipinski definition) is 1. The molecule has 0 aromatic heterocycles. The number of thioether (sulfide) groups is 1. The Bertz CT molecular complexity index is 333. The molecule has 2 N–H and O–H groups in total. The van der Waals surface area contributed by atoms with Gasteiger partial charge in [0.05, 0.1) is 6.10 Å². The zero-order chi connectivity index (χ0) is 12.9. The Morgan fingerprint density at radius 2 is 1.82 bits per heavy atom. The Balaban J connectivity index is 2.62. The molecule has 17 heavy (non-hydrogen) atoms. The molecule has 0 amide bonds. The molecule has 0 saturated carbocycles. The van der Waals surface area contributed by atoms with Crippen LogP contribution in [0, 0.1) is 0 Å². The molecule has 1 aromatic rings. The highest BCUT2D eigenvalue weighted by atomic mass is 32.2. The van der Waals surface area contributed by atoms with E-state index in [1.807, 2.05) is 37.7 Å². The van der Waals surface area contributed by atoms with Crippen LogP contribution in [0.25, 0.3) is 0 Å². The van der Waals surface area contributed by atoms with Gasteiger partial charge in [0.25, 0.3) is 0 Å². The number of nitrogens with two attached hydrogens (primary N) is 1. The number of benzene rings is 1. The lowest BCUT2D eigenvalue weighted by Crippen LogP contribution is -2.19. The minimum atomic E-state index is 0.190. The maximum absolute atomic E-state index is 5.62. The summed E-state index contributed by atoms with van der Waals surface area (Å²) in [5.74, 6) is 0.931. The highest BCUT2D eigenvalue weighted by Gasteiger charge is 2.18. The molecule has 2 nitrogen and oxygen atoms in total. The Hall–Kier alpha value is -0.670. The Labute approximate surface area is 109 Å². The summed E-state index contributed by atoms with van der Waals surface area (Å²) < 4.78 is 5.81. The standard InChI is InChI=1S/C14H23NOS/c1-11(2)16-12-5-7-13(8-6-12)17-14(3,4)9-10-15/h5-8,11H,9-10,15H2,1-4H3. The number of rotatable bonds is 6. The van der Waals surface area contributed by atoms with Gasteiger partial charge < -0.3 is 10.5 Å². The molecule has 0 radical (unpaired) electrons. The summed E-state index contributed by atoms with van der Waals surface area (Å²) in [6.45, 7) is 9.25. The topological polar surface area (TPSA) is 35.2 Å². The minimum Gasteiger partial charge on any atom is -0.491 e. The predicted octanol–water partition coefficient (Wildman–Crippen LogP) is 3.69. The Morgan fingerprint density at radius 1 is 1.24 bits per heavy atom. The molecule has 0 aliphatic rings. The highest BCUT2D eigenvalue weighted by molar-refractivity contribution is 8.00. The first-order chi connectivity index (χ1) is 7.93. The molecule has 0 aliphatic heterocycles. The summed E-state index contributed by atoms with van der Waals surface area (Å²) in [5, 5.41) is 0. The van der Waals surface area contributed by atoms with E-state index in [2.05, 4.69) is 26.0 Å². The summed E-state index contributed by atoms with van der Waals surface area (Å²) in [6, 6.07) is 8.28. The van der Waals surface area contributed by atoms with E-state index in [0.29, 0.717) is 0 Å². The van der Waals surface area contributed by atoms with Crippen LogP contribution in [0.3, 0.4) is 0 Å². The van der Waals surface area contributed by atoms with Crippen molar-refractivity contribution in [2.24, 2.45) is 5.73 Å². The first-order valence-corrected chi connectivity index (χ1v) is 6.90. The fraction of sp³-hybridized carbons (Fsp3) is 0.571. The van der Waals surface area contributed by atoms with Crippen LogP contribution in [-0.2, 0) is 0 Å². The number of hydrogen-bond acceptors (Lipinski definition) is 3. The van der Waals surface area contributed by atoms with Crippen LogP contribution in [0.15, 0.2) is 29.2 Å². The van der Waals surface area contributed by atoms with Crippen molar-refractivity contribution in [3.8, 4) is 5.75 Å². The van der Waals surface area contributed by atoms with Gasteiger partial charge >= 0.3 is 0 Å². The molecule has 0 unspecified atom stereocenters. The smallest absolute Gasteiger partial charge is 0.119 e. The van der Waals surface area contributed by atoms with Crippen molar-refractivity contribution in [1.82, 2.24) is 0 Å². The quantitative estimate of drug-likeness (QED) is 0.785. The fourth-order valence-electron chi connectivity index (χ4n) is 1.58. The Morgan fingerprint density at radius 3 is 2.29 bits per heavy atom. The molecule has 0 heterocycles. The third-order valence-corrected chi connectivity index (χ3v) is 3.60. The van der Waals surface area contributed by atoms with Gasteiger partial charge in [-0.15, -0.1) is 11.8 Å². The fourth-order valence-corrected chi connectivity index (χ4v) is 2.71. The molecule has 96 valence electrons. The zero-order valence-electron chi connectivity index (χ0n) is 11.2. The van der Waals surface area contributed by atoms with Crippen LogP contribution in [0.1, 0.15) is 34.1 Å². The average Bonchev–Trinajstić information content (AvgIpc) is 2.19. The maximum Gasteiger partial charge on any atom is 0.119 e. The second-order valence-electron chi connectivity index (χ2n) is 5.04. The lowest BCUT2D eigenvalue weighted by molar-refractivity contribution is 0.242. The summed E-state index contributed by atoms with van der Waals surface area (Å²) in [6.07, 6.45) is 1.24. The van der Waals surface area contributed by atoms with E-state index in [1.165, 1.54) is 4.90 Å². The van der Waals surface area contributed by atoms with Gasteiger partial charge in [0, 0.05) is 9.64 Å². The van der Waals surface area contributed by atoms with Gasteiger partial charge in [0.15, 0.2) is 0 Å². The summed E-state index contributed by atoms with van der Waals surface area (Å²) in [5.41, 5.74) is 5.61. The zero-order valence-corrected chi connectivity index (χ0v) is 12.0. The van der Waals surface area contributed by atoms with Crippen molar-refractivity contribution in [2.45, 2.75) is 49.9 Å². The monoisotopic (exact) mass is 253 g/mol. The summed E-state index contributed by atoms with van der Waals surface area (Å²) >= 11 is 1.86. The van der Waals surface area contributed by atoms with Gasteiger partial charge in [-0.2, -0.15) is 0 Å². The van der Waals surface area contributed by atoms with Crippen LogP contribution in [0.4, 0.5) is 0 Å². The van der Waals surface area contributed by atoms with Crippen molar-refractivity contribution in [1.29, 1.82) is 0 Å². The molecule has 0 aliphatic carbocycles. The van der Waals surface area contributed by atoms with Gasteiger partial charge in [-0.1, -0.05) is 13.8 Å². The molecular weight excluding hydrogens is 230 g/mol. The second-order valence-corrected chi connectivity index (χ2v) is 6.82. The lowest BCUT2D eigenvalue weighted by Gasteiger charge is -2.23. The van der Waals surface area contributed by atoms with E-state index in [-0.39, 0.29) is 10.9 Å². The van der Waals surface area contributed by atoms with Crippen LogP contribution in [0.2, 0.25) is 0 Å². The van der Waals surface area contributed by atoms with E-state index < -0.39 is 0 Å². The summed E-state index contributed by atoms with van der Waals surface area (Å²) in [4.78, 5) is 1.26. The van der Waals surface area contributed by atoms with Crippen molar-refractivity contribution < 1.29 is 4.74 Å². The van der Waals surface area contributed by atoms with E-state index >= 15 is 0 Å². The molecule has 0 saturated heterocycles. The van der Waals surface area contributed by atoms with Gasteiger partial charge in [0.1, 0.15) is 5.75 Å².